The van der Waals surface area contributed by atoms with E-state index < -0.39 is 17.8 Å². The molecule has 0 fully saturated rings. The number of nitrogens with two attached hydrogens (primary N) is 1. The molecule has 176 valence electrons. The first kappa shape index (κ1) is 22.6. The van der Waals surface area contributed by atoms with Crippen LogP contribution in [-0.2, 0) is 0 Å². The number of nitrogens with zero attached hydrogens (tertiary/aromatic N) is 1. The van der Waals surface area contributed by atoms with Crippen molar-refractivity contribution < 1.29 is 13.5 Å². The lowest BCUT2D eigenvalue weighted by atomic mass is 10.0. The summed E-state index contributed by atoms with van der Waals surface area (Å²) in [6, 6.07) is 15.8. The average Bonchev–Trinajstić information content (AvgIpc) is 3.19. The molecule has 2 aliphatic heterocycles. The molecule has 0 spiro atoms. The lowest BCUT2D eigenvalue weighted by Crippen LogP contribution is -2.32. The molecule has 5 nitrogen and oxygen atoms in total. The maximum absolute atomic E-state index is 14.2. The van der Waals surface area contributed by atoms with Crippen LogP contribution in [-0.4, -0.2) is 17.0 Å². The van der Waals surface area contributed by atoms with E-state index in [2.05, 4.69) is 15.3 Å². The number of aromatic nitrogens is 1. The number of hydrogen-bond donors (Lipinski definition) is 3. The first-order valence-electron chi connectivity index (χ1n) is 11.4. The number of aliphatic imine (C=N–C) groups is 1. The predicted molar refractivity (Wildman–Crippen MR) is 137 cm³/mol. The van der Waals surface area contributed by atoms with Gasteiger partial charge in [0.2, 0.25) is 0 Å². The maximum atomic E-state index is 14.2. The van der Waals surface area contributed by atoms with Crippen LogP contribution in [0.2, 0.25) is 0 Å². The van der Waals surface area contributed by atoms with Gasteiger partial charge in [-0.15, -0.1) is 0 Å². The standard InChI is InChI=1S/C26H18F2N4O.C2H6/c27-17-10-18-19(13-30-25(18)20(28)11-17)26-31-21(12-24(29)32-26)16-8-7-15-6-5-14-3-1-2-4-22(14)33-23(15)9-16;1-2/h1-13,24,30H,29H2,(H,31,32);1-2H3. The fraction of sp³-hybridized carbons (Fsp3) is 0.107. The molecule has 0 saturated heterocycles. The summed E-state index contributed by atoms with van der Waals surface area (Å²) in [5.41, 5.74) is 10.5. The molecule has 1 aromatic heterocycles. The Bertz CT molecular complexity index is 1520. The van der Waals surface area contributed by atoms with E-state index >= 15 is 0 Å². The lowest BCUT2D eigenvalue weighted by molar-refractivity contribution is 0.481. The van der Waals surface area contributed by atoms with E-state index in [1.165, 1.54) is 6.07 Å². The maximum Gasteiger partial charge on any atom is 0.150 e. The molecule has 0 aliphatic carbocycles. The van der Waals surface area contributed by atoms with Crippen LogP contribution in [0, 0.1) is 11.6 Å². The largest absolute Gasteiger partial charge is 0.456 e. The van der Waals surface area contributed by atoms with E-state index in [0.29, 0.717) is 22.5 Å². The van der Waals surface area contributed by atoms with Crippen molar-refractivity contribution in [1.82, 2.24) is 10.3 Å². The van der Waals surface area contributed by atoms with E-state index in [9.17, 15) is 8.78 Å². The Hall–Kier alpha value is -4.23. The number of ether oxygens (including phenoxy) is 1. The van der Waals surface area contributed by atoms with E-state index in [-0.39, 0.29) is 5.52 Å². The Morgan fingerprint density at radius 2 is 1.71 bits per heavy atom. The van der Waals surface area contributed by atoms with Crippen LogP contribution in [0.3, 0.4) is 0 Å². The number of rotatable bonds is 2. The summed E-state index contributed by atoms with van der Waals surface area (Å²) in [6.45, 7) is 4.00. The summed E-state index contributed by atoms with van der Waals surface area (Å²) in [5, 5.41) is 3.66. The van der Waals surface area contributed by atoms with Crippen LogP contribution in [0.5, 0.6) is 11.5 Å². The third-order valence-electron chi connectivity index (χ3n) is 5.74. The molecule has 35 heavy (non-hydrogen) atoms. The van der Waals surface area contributed by atoms with Gasteiger partial charge in [0.05, 0.1) is 5.52 Å². The summed E-state index contributed by atoms with van der Waals surface area (Å²) in [6.07, 6.45) is 6.80. The van der Waals surface area contributed by atoms with Crippen LogP contribution < -0.4 is 15.8 Å². The Morgan fingerprint density at radius 1 is 0.943 bits per heavy atom. The van der Waals surface area contributed by atoms with Crippen molar-refractivity contribution in [3.8, 4) is 11.5 Å². The molecule has 3 aromatic carbocycles. The highest BCUT2D eigenvalue weighted by atomic mass is 19.1. The fourth-order valence-electron chi connectivity index (χ4n) is 4.15. The van der Waals surface area contributed by atoms with Crippen molar-refractivity contribution in [2.45, 2.75) is 20.0 Å². The summed E-state index contributed by atoms with van der Waals surface area (Å²) in [5.74, 6) is 0.595. The van der Waals surface area contributed by atoms with Gasteiger partial charge in [-0.1, -0.05) is 56.3 Å². The first-order chi connectivity index (χ1) is 17.0. The summed E-state index contributed by atoms with van der Waals surface area (Å²) in [4.78, 5) is 7.30. The third kappa shape index (κ3) is 4.22. The molecule has 0 saturated carbocycles. The highest BCUT2D eigenvalue weighted by molar-refractivity contribution is 6.13. The highest BCUT2D eigenvalue weighted by Gasteiger charge is 2.21. The molecule has 0 radical (unpaired) electrons. The quantitative estimate of drug-likeness (QED) is 0.279. The van der Waals surface area contributed by atoms with Crippen LogP contribution in [0.25, 0.3) is 28.8 Å². The molecule has 4 aromatic rings. The molecular formula is C28H24F2N4O. The Kier molecular flexibility index (Phi) is 5.93. The van der Waals surface area contributed by atoms with Crippen LogP contribution in [0.4, 0.5) is 8.78 Å². The number of para-hydroxylation sites is 1. The van der Waals surface area contributed by atoms with Crippen molar-refractivity contribution >= 4 is 34.6 Å². The van der Waals surface area contributed by atoms with E-state index in [1.54, 1.807) is 12.3 Å². The van der Waals surface area contributed by atoms with Crippen molar-refractivity contribution in [3.05, 3.63) is 101 Å². The van der Waals surface area contributed by atoms with Crippen molar-refractivity contribution in [2.75, 3.05) is 0 Å². The van der Waals surface area contributed by atoms with Gasteiger partial charge in [0.15, 0.2) is 0 Å². The van der Waals surface area contributed by atoms with Gasteiger partial charge in [0.25, 0.3) is 0 Å². The molecule has 3 heterocycles. The Morgan fingerprint density at radius 3 is 2.54 bits per heavy atom. The van der Waals surface area contributed by atoms with Crippen molar-refractivity contribution in [3.63, 3.8) is 0 Å². The Labute approximate surface area is 201 Å². The molecule has 7 heteroatoms. The van der Waals surface area contributed by atoms with Gasteiger partial charge in [-0.2, -0.15) is 0 Å². The van der Waals surface area contributed by atoms with E-state index in [0.717, 1.165) is 34.2 Å². The normalized spacial score (nSPS) is 16.0. The minimum Gasteiger partial charge on any atom is -0.456 e. The zero-order valence-electron chi connectivity index (χ0n) is 19.3. The van der Waals surface area contributed by atoms with Crippen molar-refractivity contribution in [1.29, 1.82) is 0 Å². The van der Waals surface area contributed by atoms with E-state index in [4.69, 9.17) is 10.5 Å². The monoisotopic (exact) mass is 470 g/mol. The summed E-state index contributed by atoms with van der Waals surface area (Å²) < 4.78 is 34.2. The Balaban J connectivity index is 0.00000124. The molecule has 0 amide bonds. The molecule has 1 unspecified atom stereocenters. The van der Waals surface area contributed by atoms with Gasteiger partial charge in [0, 0.05) is 45.6 Å². The molecule has 0 bridgehead atoms. The van der Waals surface area contributed by atoms with Crippen LogP contribution >= 0.6 is 0 Å². The predicted octanol–water partition coefficient (Wildman–Crippen LogP) is 6.42. The number of nitrogens with one attached hydrogen (secondary N) is 2. The SMILES string of the molecule is CC.NC1C=C(c2ccc3c(c2)Oc2ccccc2C=C3)NC(c2c[nH]c3c(F)cc(F)cc23)=N1. The number of aromatic amines is 1. The lowest BCUT2D eigenvalue weighted by Gasteiger charge is -2.21. The second-order valence-corrected chi connectivity index (χ2v) is 7.91. The second kappa shape index (κ2) is 9.19. The van der Waals surface area contributed by atoms with E-state index in [1.807, 2.05) is 68.5 Å². The molecule has 4 N–H and O–H groups in total. The summed E-state index contributed by atoms with van der Waals surface area (Å²) in [7, 11) is 0. The van der Waals surface area contributed by atoms with Gasteiger partial charge in [0.1, 0.15) is 35.1 Å². The molecule has 6 rings (SSSR count). The van der Waals surface area contributed by atoms with Gasteiger partial charge in [-0.25, -0.2) is 13.8 Å². The number of hydrogen-bond acceptors (Lipinski definition) is 4. The number of H-pyrrole nitrogens is 1. The minimum atomic E-state index is -0.663. The first-order valence-corrected chi connectivity index (χ1v) is 11.4. The topological polar surface area (TPSA) is 75.4 Å². The summed E-state index contributed by atoms with van der Waals surface area (Å²) >= 11 is 0. The number of halogens is 2. The molecule has 2 aliphatic rings. The molecular weight excluding hydrogens is 446 g/mol. The van der Waals surface area contributed by atoms with Gasteiger partial charge < -0.3 is 20.8 Å². The molecule has 1 atom stereocenters. The van der Waals surface area contributed by atoms with Crippen LogP contribution in [0.1, 0.15) is 36.1 Å². The highest BCUT2D eigenvalue weighted by Crippen LogP contribution is 2.36. The minimum absolute atomic E-state index is 0.212. The number of benzene rings is 3. The smallest absolute Gasteiger partial charge is 0.150 e. The number of fused-ring (bicyclic) bond motifs is 3. The fourth-order valence-corrected chi connectivity index (χ4v) is 4.15. The second-order valence-electron chi connectivity index (χ2n) is 7.91. The van der Waals surface area contributed by atoms with Gasteiger partial charge in [-0.05, 0) is 24.3 Å². The van der Waals surface area contributed by atoms with Gasteiger partial charge in [-0.3, -0.25) is 0 Å². The van der Waals surface area contributed by atoms with Gasteiger partial charge >= 0.3 is 0 Å². The number of amidine groups is 1. The average molecular weight is 471 g/mol. The zero-order valence-corrected chi connectivity index (χ0v) is 19.3. The zero-order chi connectivity index (χ0) is 24.5. The van der Waals surface area contributed by atoms with Crippen LogP contribution in [0.15, 0.2) is 71.9 Å². The third-order valence-corrected chi connectivity index (χ3v) is 5.74. The van der Waals surface area contributed by atoms with Crippen molar-refractivity contribution in [2.24, 2.45) is 10.7 Å².